The lowest BCUT2D eigenvalue weighted by molar-refractivity contribution is -0.596. The minimum atomic E-state index is 0. The summed E-state index contributed by atoms with van der Waals surface area (Å²) in [4.78, 5) is 0. The van der Waals surface area contributed by atoms with Crippen LogP contribution < -0.4 is 28.5 Å². The van der Waals surface area contributed by atoms with Crippen molar-refractivity contribution in [2.45, 2.75) is 79.1 Å². The Bertz CT molecular complexity index is 850. The van der Waals surface area contributed by atoms with Crippen molar-refractivity contribution in [3.63, 3.8) is 0 Å². The predicted molar refractivity (Wildman–Crippen MR) is 124 cm³/mol. The smallest absolute Gasteiger partial charge is 0.254 e. The molecule has 0 aliphatic heterocycles. The fraction of sp³-hybridized carbons (Fsp3) is 0.444. The highest BCUT2D eigenvalue weighted by Gasteiger charge is 2.23. The van der Waals surface area contributed by atoms with Gasteiger partial charge < -0.3 is 24.0 Å². The molecule has 30 heavy (non-hydrogen) atoms. The number of imidazole rings is 1. The summed E-state index contributed by atoms with van der Waals surface area (Å²) < 4.78 is 4.65. The van der Waals surface area contributed by atoms with Crippen molar-refractivity contribution >= 4 is 0 Å². The number of aromatic nitrogens is 2. The minimum absolute atomic E-state index is 0. The van der Waals surface area contributed by atoms with Gasteiger partial charge in [0.1, 0.15) is 23.8 Å². The van der Waals surface area contributed by atoms with Gasteiger partial charge in [0.2, 0.25) is 0 Å². The van der Waals surface area contributed by atoms with Gasteiger partial charge in [-0.15, -0.1) is 0 Å². The summed E-state index contributed by atoms with van der Waals surface area (Å²) >= 11 is 0. The van der Waals surface area contributed by atoms with Crippen molar-refractivity contribution in [2.75, 3.05) is 0 Å². The highest BCUT2D eigenvalue weighted by molar-refractivity contribution is 5.51. The molecule has 0 amide bonds. The molecule has 0 fully saturated rings. The van der Waals surface area contributed by atoms with Crippen molar-refractivity contribution in [3.05, 3.63) is 77.4 Å². The Hall–Kier alpha value is -1.62. The fourth-order valence-electron chi connectivity index (χ4n) is 4.24. The average Bonchev–Trinajstić information content (AvgIpc) is 3.15. The number of benzene rings is 2. The van der Waals surface area contributed by atoms with Gasteiger partial charge in [-0.1, -0.05) is 91.8 Å². The Morgan fingerprint density at radius 1 is 0.633 bits per heavy atom. The first kappa shape index (κ1) is 24.6. The third-order valence-corrected chi connectivity index (χ3v) is 5.84. The molecule has 2 nitrogen and oxygen atoms in total. The Labute approximate surface area is 200 Å². The molecule has 162 valence electrons. The Kier molecular flexibility index (Phi) is 8.32. The molecule has 0 radical (unpaired) electrons. The first-order chi connectivity index (χ1) is 13.7. The van der Waals surface area contributed by atoms with Crippen LogP contribution in [0.1, 0.15) is 101 Å². The normalized spacial score (nSPS) is 11.6. The van der Waals surface area contributed by atoms with E-state index < -0.39 is 0 Å². The molecule has 0 atom stereocenters. The van der Waals surface area contributed by atoms with Gasteiger partial charge in [-0.2, -0.15) is 0 Å². The standard InChI is InChI=1S/C27H37N2.HI/c1-18(2)22-11-9-12-23(19(3)4)26(22)28-15-16-29(17-28)27-24(20(5)6)13-10-14-25(27)21(7)8;/h9-21H,1-8H3;1H/q+1;/p-1. The molecule has 0 saturated carbocycles. The monoisotopic (exact) mass is 516 g/mol. The molecule has 3 heteroatoms. The molecule has 0 N–H and O–H groups in total. The van der Waals surface area contributed by atoms with E-state index in [4.69, 9.17) is 0 Å². The van der Waals surface area contributed by atoms with Crippen molar-refractivity contribution in [3.8, 4) is 11.4 Å². The van der Waals surface area contributed by atoms with E-state index in [2.05, 4.69) is 120 Å². The first-order valence-electron chi connectivity index (χ1n) is 11.1. The van der Waals surface area contributed by atoms with Gasteiger partial charge in [0.15, 0.2) is 0 Å². The van der Waals surface area contributed by atoms with E-state index in [0.29, 0.717) is 23.7 Å². The Morgan fingerprint density at radius 2 is 1.03 bits per heavy atom. The maximum atomic E-state index is 2.33. The molecule has 0 aliphatic carbocycles. The summed E-state index contributed by atoms with van der Waals surface area (Å²) in [5.41, 5.74) is 8.29. The summed E-state index contributed by atoms with van der Waals surface area (Å²) in [6.07, 6.45) is 6.70. The average molecular weight is 517 g/mol. The summed E-state index contributed by atoms with van der Waals surface area (Å²) in [6, 6.07) is 13.5. The molecule has 2 aromatic carbocycles. The van der Waals surface area contributed by atoms with Crippen molar-refractivity contribution in [2.24, 2.45) is 0 Å². The van der Waals surface area contributed by atoms with Crippen molar-refractivity contribution in [1.29, 1.82) is 0 Å². The Morgan fingerprint density at radius 3 is 1.43 bits per heavy atom. The van der Waals surface area contributed by atoms with Crippen LogP contribution in [0, 0.1) is 0 Å². The van der Waals surface area contributed by atoms with E-state index in [0.717, 1.165) is 0 Å². The molecule has 0 saturated heterocycles. The van der Waals surface area contributed by atoms with Gasteiger partial charge in [-0.3, -0.25) is 0 Å². The lowest BCUT2D eigenvalue weighted by atomic mass is 9.92. The van der Waals surface area contributed by atoms with Crippen molar-refractivity contribution < 1.29 is 28.5 Å². The molecule has 0 unspecified atom stereocenters. The number of rotatable bonds is 6. The van der Waals surface area contributed by atoms with Crippen LogP contribution in [0.15, 0.2) is 55.1 Å². The number of halogens is 1. The zero-order chi connectivity index (χ0) is 21.3. The van der Waals surface area contributed by atoms with Crippen LogP contribution >= 0.6 is 0 Å². The van der Waals surface area contributed by atoms with Gasteiger partial charge >= 0.3 is 0 Å². The SMILES string of the molecule is CC(C)c1cccc(C(C)C)c1-n1cc[n+](-c2c(C(C)C)cccc2C(C)C)c1.[I-]. The summed E-state index contributed by atoms with van der Waals surface area (Å²) in [6.45, 7) is 18.3. The summed E-state index contributed by atoms with van der Waals surface area (Å²) in [7, 11) is 0. The van der Waals surface area contributed by atoms with E-state index in [1.165, 1.54) is 33.6 Å². The van der Waals surface area contributed by atoms with Crippen LogP contribution in [-0.4, -0.2) is 4.57 Å². The van der Waals surface area contributed by atoms with Gasteiger partial charge in [0, 0.05) is 22.3 Å². The molecule has 1 aromatic heterocycles. The molecular formula is C27H37IN2. The van der Waals surface area contributed by atoms with Crippen LogP contribution in [0.3, 0.4) is 0 Å². The first-order valence-corrected chi connectivity index (χ1v) is 11.1. The third-order valence-electron chi connectivity index (χ3n) is 5.84. The summed E-state index contributed by atoms with van der Waals surface area (Å²) in [5, 5.41) is 0. The highest BCUT2D eigenvalue weighted by atomic mass is 127. The van der Waals surface area contributed by atoms with Gasteiger partial charge in [0.25, 0.3) is 6.33 Å². The lowest BCUT2D eigenvalue weighted by Crippen LogP contribution is -3.00. The quantitative estimate of drug-likeness (QED) is 0.342. The predicted octanol–water partition coefficient (Wildman–Crippen LogP) is 4.25. The van der Waals surface area contributed by atoms with Crippen LogP contribution in [0.2, 0.25) is 0 Å². The maximum absolute atomic E-state index is 2.33. The van der Waals surface area contributed by atoms with Gasteiger partial charge in [0.05, 0.1) is 0 Å². The van der Waals surface area contributed by atoms with E-state index in [9.17, 15) is 0 Å². The molecule has 3 rings (SSSR count). The molecule has 0 bridgehead atoms. The number of hydrogen-bond acceptors (Lipinski definition) is 0. The zero-order valence-electron chi connectivity index (χ0n) is 19.8. The molecule has 3 aromatic rings. The highest BCUT2D eigenvalue weighted by Crippen LogP contribution is 2.32. The molecule has 0 spiro atoms. The van der Waals surface area contributed by atoms with E-state index in [1.807, 2.05) is 0 Å². The van der Waals surface area contributed by atoms with E-state index in [-0.39, 0.29) is 24.0 Å². The zero-order valence-corrected chi connectivity index (χ0v) is 21.9. The number of para-hydroxylation sites is 2. The molecule has 0 aliphatic rings. The lowest BCUT2D eigenvalue weighted by Gasteiger charge is -2.17. The van der Waals surface area contributed by atoms with Crippen molar-refractivity contribution in [1.82, 2.24) is 4.57 Å². The fourth-order valence-corrected chi connectivity index (χ4v) is 4.24. The number of nitrogens with zero attached hydrogens (tertiary/aromatic N) is 2. The Balaban J connectivity index is 0.00000320. The second kappa shape index (κ2) is 10.1. The van der Waals surface area contributed by atoms with E-state index in [1.54, 1.807) is 0 Å². The van der Waals surface area contributed by atoms with Crippen LogP contribution in [0.5, 0.6) is 0 Å². The largest absolute Gasteiger partial charge is 1.00 e. The second-order valence-electron chi connectivity index (χ2n) is 9.42. The third kappa shape index (κ3) is 4.82. The van der Waals surface area contributed by atoms with Crippen LogP contribution in [0.25, 0.3) is 11.4 Å². The van der Waals surface area contributed by atoms with E-state index >= 15 is 0 Å². The van der Waals surface area contributed by atoms with Crippen LogP contribution in [0.4, 0.5) is 0 Å². The molecule has 1 heterocycles. The maximum Gasteiger partial charge on any atom is 0.254 e. The number of hydrogen-bond donors (Lipinski definition) is 0. The summed E-state index contributed by atoms with van der Waals surface area (Å²) in [5.74, 6) is 1.92. The van der Waals surface area contributed by atoms with Crippen LogP contribution in [-0.2, 0) is 0 Å². The second-order valence-corrected chi connectivity index (χ2v) is 9.42. The van der Waals surface area contributed by atoms with Gasteiger partial charge in [-0.05, 0) is 23.7 Å². The van der Waals surface area contributed by atoms with Gasteiger partial charge in [-0.25, -0.2) is 9.13 Å². The topological polar surface area (TPSA) is 8.81 Å². The minimum Gasteiger partial charge on any atom is -1.00 e. The molecular weight excluding hydrogens is 479 g/mol.